The van der Waals surface area contributed by atoms with Crippen LogP contribution in [0.2, 0.25) is 0 Å². The van der Waals surface area contributed by atoms with Gasteiger partial charge >= 0.3 is 5.97 Å². The highest BCUT2D eigenvalue weighted by Gasteiger charge is 2.25. The molecule has 2 rings (SSSR count). The molecule has 26 heavy (non-hydrogen) atoms. The first-order chi connectivity index (χ1) is 12.4. The number of benzene rings is 1. The first-order valence-corrected chi connectivity index (χ1v) is 9.70. The summed E-state index contributed by atoms with van der Waals surface area (Å²) in [6, 6.07) is 9.22. The normalized spacial score (nSPS) is 16.5. The topological polar surface area (TPSA) is 96.0 Å². The van der Waals surface area contributed by atoms with E-state index in [0.29, 0.717) is 26.2 Å². The summed E-state index contributed by atoms with van der Waals surface area (Å²) < 4.78 is 30.6. The molecule has 0 bridgehead atoms. The molecule has 0 unspecified atom stereocenters. The van der Waals surface area contributed by atoms with Gasteiger partial charge in [0.1, 0.15) is 6.54 Å². The lowest BCUT2D eigenvalue weighted by Crippen LogP contribution is -2.50. The number of esters is 1. The number of hydrogen-bond donors (Lipinski definition) is 1. The SMILES string of the molecule is COC(=O)CNC(=O)CN1CCN(S(=O)(=O)/C=C/c2ccccc2)CC1. The van der Waals surface area contributed by atoms with Crippen molar-refractivity contribution in [3.8, 4) is 0 Å². The highest BCUT2D eigenvalue weighted by atomic mass is 32.2. The van der Waals surface area contributed by atoms with Crippen molar-refractivity contribution in [2.75, 3.05) is 46.4 Å². The molecule has 142 valence electrons. The van der Waals surface area contributed by atoms with Crippen molar-refractivity contribution < 1.29 is 22.7 Å². The molecule has 1 saturated heterocycles. The molecule has 1 aliphatic rings. The number of rotatable bonds is 7. The molecule has 0 radical (unpaired) electrons. The molecule has 9 heteroatoms. The number of carbonyl (C=O) groups excluding carboxylic acids is 2. The number of piperazine rings is 1. The van der Waals surface area contributed by atoms with Crippen LogP contribution >= 0.6 is 0 Å². The molecule has 1 aromatic rings. The molecule has 0 aliphatic carbocycles. The predicted octanol–water partition coefficient (Wildman–Crippen LogP) is -0.106. The van der Waals surface area contributed by atoms with Crippen LogP contribution in [0.5, 0.6) is 0 Å². The maximum absolute atomic E-state index is 12.4. The van der Waals surface area contributed by atoms with E-state index >= 15 is 0 Å². The van der Waals surface area contributed by atoms with Gasteiger partial charge in [-0.2, -0.15) is 4.31 Å². The number of sulfonamides is 1. The molecule has 0 atom stereocenters. The largest absolute Gasteiger partial charge is 0.468 e. The average Bonchev–Trinajstić information content (AvgIpc) is 2.66. The van der Waals surface area contributed by atoms with Gasteiger partial charge in [0.2, 0.25) is 15.9 Å². The first-order valence-electron chi connectivity index (χ1n) is 8.20. The van der Waals surface area contributed by atoms with Crippen LogP contribution in [0.15, 0.2) is 35.7 Å². The van der Waals surface area contributed by atoms with Crippen LogP contribution in [-0.4, -0.2) is 75.9 Å². The van der Waals surface area contributed by atoms with Gasteiger partial charge in [-0.05, 0) is 11.6 Å². The van der Waals surface area contributed by atoms with Crippen molar-refractivity contribution in [2.45, 2.75) is 0 Å². The second kappa shape index (κ2) is 9.46. The van der Waals surface area contributed by atoms with Crippen LogP contribution in [0.1, 0.15) is 5.56 Å². The third kappa shape index (κ3) is 6.25. The zero-order chi connectivity index (χ0) is 19.0. The van der Waals surface area contributed by atoms with E-state index in [-0.39, 0.29) is 19.0 Å². The zero-order valence-corrected chi connectivity index (χ0v) is 15.4. The molecular weight excluding hydrogens is 358 g/mol. The molecule has 1 aliphatic heterocycles. The van der Waals surface area contributed by atoms with Crippen LogP contribution in [0.3, 0.4) is 0 Å². The summed E-state index contributed by atoms with van der Waals surface area (Å²) >= 11 is 0. The lowest BCUT2D eigenvalue weighted by atomic mass is 10.2. The van der Waals surface area contributed by atoms with E-state index in [2.05, 4.69) is 10.1 Å². The minimum atomic E-state index is -3.49. The second-order valence-corrected chi connectivity index (χ2v) is 7.60. The van der Waals surface area contributed by atoms with Crippen LogP contribution in [0.25, 0.3) is 6.08 Å². The molecular formula is C17H23N3O5S. The van der Waals surface area contributed by atoms with Crippen molar-refractivity contribution in [3.05, 3.63) is 41.3 Å². The highest BCUT2D eigenvalue weighted by Crippen LogP contribution is 2.11. The van der Waals surface area contributed by atoms with E-state index in [9.17, 15) is 18.0 Å². The molecule has 0 spiro atoms. The van der Waals surface area contributed by atoms with Crippen LogP contribution < -0.4 is 5.32 Å². The van der Waals surface area contributed by atoms with Gasteiger partial charge in [0.05, 0.1) is 13.7 Å². The van der Waals surface area contributed by atoms with Crippen molar-refractivity contribution in [3.63, 3.8) is 0 Å². The van der Waals surface area contributed by atoms with Crippen LogP contribution in [0.4, 0.5) is 0 Å². The Labute approximate surface area is 153 Å². The number of amides is 1. The van der Waals surface area contributed by atoms with Gasteiger partial charge in [0, 0.05) is 31.6 Å². The maximum atomic E-state index is 12.4. The van der Waals surface area contributed by atoms with E-state index in [0.717, 1.165) is 5.56 Å². The van der Waals surface area contributed by atoms with Gasteiger partial charge in [-0.3, -0.25) is 14.5 Å². The van der Waals surface area contributed by atoms with Gasteiger partial charge in [-0.1, -0.05) is 30.3 Å². The fourth-order valence-corrected chi connectivity index (χ4v) is 3.63. The summed E-state index contributed by atoms with van der Waals surface area (Å²) in [7, 11) is -2.24. The van der Waals surface area contributed by atoms with Gasteiger partial charge in [-0.15, -0.1) is 0 Å². The number of hydrogen-bond acceptors (Lipinski definition) is 6. The summed E-state index contributed by atoms with van der Waals surface area (Å²) in [6.07, 6.45) is 1.57. The Morgan fingerprint density at radius 2 is 1.81 bits per heavy atom. The highest BCUT2D eigenvalue weighted by molar-refractivity contribution is 7.92. The fourth-order valence-electron chi connectivity index (χ4n) is 2.46. The molecule has 1 N–H and O–H groups in total. The Morgan fingerprint density at radius 1 is 1.15 bits per heavy atom. The average molecular weight is 381 g/mol. The molecule has 1 amide bonds. The summed E-state index contributed by atoms with van der Waals surface area (Å²) in [5.74, 6) is -0.810. The lowest BCUT2D eigenvalue weighted by Gasteiger charge is -2.32. The summed E-state index contributed by atoms with van der Waals surface area (Å²) in [5, 5.41) is 3.67. The Balaban J connectivity index is 1.81. The summed E-state index contributed by atoms with van der Waals surface area (Å²) in [6.45, 7) is 1.46. The minimum absolute atomic E-state index is 0.116. The van der Waals surface area contributed by atoms with E-state index < -0.39 is 16.0 Å². The monoisotopic (exact) mass is 381 g/mol. The number of nitrogens with one attached hydrogen (secondary N) is 1. The van der Waals surface area contributed by atoms with E-state index in [1.807, 2.05) is 35.2 Å². The van der Waals surface area contributed by atoms with E-state index in [4.69, 9.17) is 0 Å². The predicted molar refractivity (Wildman–Crippen MR) is 97.4 cm³/mol. The molecule has 1 fully saturated rings. The number of ether oxygens (including phenoxy) is 1. The molecule has 0 aromatic heterocycles. The third-order valence-corrected chi connectivity index (χ3v) is 5.51. The standard InChI is InChI=1S/C17H23N3O5S/c1-25-17(22)13-18-16(21)14-19-8-10-20(11-9-19)26(23,24)12-7-15-5-3-2-4-6-15/h2-7,12H,8-11,13-14H2,1H3,(H,18,21)/b12-7+. The lowest BCUT2D eigenvalue weighted by molar-refractivity contribution is -0.141. The fraction of sp³-hybridized carbons (Fsp3) is 0.412. The Kier molecular flexibility index (Phi) is 7.31. The quantitative estimate of drug-likeness (QED) is 0.663. The smallest absolute Gasteiger partial charge is 0.325 e. The first kappa shape index (κ1) is 20.1. The van der Waals surface area contributed by atoms with Gasteiger partial charge < -0.3 is 10.1 Å². The van der Waals surface area contributed by atoms with Crippen molar-refractivity contribution >= 4 is 28.0 Å². The molecule has 1 heterocycles. The molecule has 8 nitrogen and oxygen atoms in total. The van der Waals surface area contributed by atoms with Gasteiger partial charge in [-0.25, -0.2) is 8.42 Å². The van der Waals surface area contributed by atoms with E-state index in [1.165, 1.54) is 16.8 Å². The van der Waals surface area contributed by atoms with Crippen molar-refractivity contribution in [1.29, 1.82) is 0 Å². The number of nitrogens with zero attached hydrogens (tertiary/aromatic N) is 2. The minimum Gasteiger partial charge on any atom is -0.468 e. The summed E-state index contributed by atoms with van der Waals surface area (Å²) in [5.41, 5.74) is 0.817. The second-order valence-electron chi connectivity index (χ2n) is 5.79. The van der Waals surface area contributed by atoms with Crippen LogP contribution in [-0.2, 0) is 24.3 Å². The van der Waals surface area contributed by atoms with Crippen molar-refractivity contribution in [2.24, 2.45) is 0 Å². The molecule has 1 aromatic carbocycles. The van der Waals surface area contributed by atoms with E-state index in [1.54, 1.807) is 6.08 Å². The Hall–Kier alpha value is -2.23. The summed E-state index contributed by atoms with van der Waals surface area (Å²) in [4.78, 5) is 24.6. The molecule has 0 saturated carbocycles. The third-order valence-electron chi connectivity index (χ3n) is 3.95. The zero-order valence-electron chi connectivity index (χ0n) is 14.6. The Morgan fingerprint density at radius 3 is 2.42 bits per heavy atom. The maximum Gasteiger partial charge on any atom is 0.325 e. The van der Waals surface area contributed by atoms with Crippen molar-refractivity contribution in [1.82, 2.24) is 14.5 Å². The number of carbonyl (C=O) groups is 2. The Bertz CT molecular complexity index is 741. The number of methoxy groups -OCH3 is 1. The van der Waals surface area contributed by atoms with Crippen LogP contribution in [0, 0.1) is 0 Å². The van der Waals surface area contributed by atoms with Gasteiger partial charge in [0.25, 0.3) is 0 Å². The van der Waals surface area contributed by atoms with Gasteiger partial charge in [0.15, 0.2) is 0 Å².